The van der Waals surface area contributed by atoms with Gasteiger partial charge in [-0.2, -0.15) is 0 Å². The highest BCUT2D eigenvalue weighted by Gasteiger charge is 2.23. The van der Waals surface area contributed by atoms with Crippen LogP contribution in [0.3, 0.4) is 0 Å². The van der Waals surface area contributed by atoms with Crippen LogP contribution < -0.4 is 10.2 Å². The van der Waals surface area contributed by atoms with Crippen LogP contribution >= 0.6 is 0 Å². The number of benzene rings is 1. The van der Waals surface area contributed by atoms with Gasteiger partial charge in [0.25, 0.3) is 5.91 Å². The Kier molecular flexibility index (Phi) is 5.48. The molecule has 0 saturated carbocycles. The number of anilines is 2. The van der Waals surface area contributed by atoms with E-state index in [1.165, 1.54) is 5.69 Å². The molecular formula is C20H25N5O2. The van der Waals surface area contributed by atoms with E-state index in [4.69, 9.17) is 4.74 Å². The van der Waals surface area contributed by atoms with Crippen LogP contribution in [0, 0.1) is 0 Å². The minimum atomic E-state index is -0.0368. The molecule has 0 radical (unpaired) electrons. The predicted octanol–water partition coefficient (Wildman–Crippen LogP) is 2.03. The maximum absolute atomic E-state index is 12.8. The van der Waals surface area contributed by atoms with E-state index in [1.807, 2.05) is 23.1 Å². The van der Waals surface area contributed by atoms with Crippen molar-refractivity contribution in [2.75, 3.05) is 49.5 Å². The number of hydrogen-bond donors (Lipinski definition) is 1. The summed E-state index contributed by atoms with van der Waals surface area (Å²) >= 11 is 0. The molecular weight excluding hydrogens is 342 g/mol. The van der Waals surface area contributed by atoms with Crippen molar-refractivity contribution in [1.29, 1.82) is 0 Å². The molecule has 2 saturated heterocycles. The summed E-state index contributed by atoms with van der Waals surface area (Å²) in [6.07, 6.45) is 4.00. The first kappa shape index (κ1) is 17.7. The molecule has 1 N–H and O–H groups in total. The molecule has 0 aliphatic carbocycles. The molecule has 2 aromatic rings. The summed E-state index contributed by atoms with van der Waals surface area (Å²) in [6, 6.07) is 12.0. The van der Waals surface area contributed by atoms with Crippen molar-refractivity contribution < 1.29 is 9.53 Å². The molecule has 27 heavy (non-hydrogen) atoms. The quantitative estimate of drug-likeness (QED) is 0.872. The monoisotopic (exact) mass is 367 g/mol. The smallest absolute Gasteiger partial charge is 0.272 e. The number of carbonyl (C=O) groups is 1. The average Bonchev–Trinajstić information content (AvgIpc) is 3.26. The number of carbonyl (C=O) groups excluding carboxylic acids is 1. The standard InChI is InChI=1S/C20H25N5O2/c26-19(25-12-10-24(11-13-25)16-5-2-1-3-6-16)18-8-9-21-20(23-18)22-15-17-7-4-14-27-17/h1-3,5-6,8-9,17H,4,7,10-15H2,(H,21,22,23). The third-order valence-corrected chi connectivity index (χ3v) is 5.07. The minimum absolute atomic E-state index is 0.0368. The number of nitrogens with zero attached hydrogens (tertiary/aromatic N) is 4. The Balaban J connectivity index is 1.33. The summed E-state index contributed by atoms with van der Waals surface area (Å²) in [4.78, 5) is 25.6. The number of aromatic nitrogens is 2. The van der Waals surface area contributed by atoms with E-state index >= 15 is 0 Å². The SMILES string of the molecule is O=C(c1ccnc(NCC2CCCO2)n1)N1CCN(c2ccccc2)CC1. The second-order valence-corrected chi connectivity index (χ2v) is 6.90. The van der Waals surface area contributed by atoms with Gasteiger partial charge in [-0.05, 0) is 31.0 Å². The zero-order valence-electron chi connectivity index (χ0n) is 15.4. The van der Waals surface area contributed by atoms with Crippen molar-refractivity contribution in [3.8, 4) is 0 Å². The molecule has 1 aromatic heterocycles. The van der Waals surface area contributed by atoms with Crippen LogP contribution in [0.4, 0.5) is 11.6 Å². The average molecular weight is 367 g/mol. The molecule has 1 unspecified atom stereocenters. The third-order valence-electron chi connectivity index (χ3n) is 5.07. The first-order chi connectivity index (χ1) is 13.3. The molecule has 3 heterocycles. The summed E-state index contributed by atoms with van der Waals surface area (Å²) in [5.74, 6) is 0.449. The number of piperazine rings is 1. The topological polar surface area (TPSA) is 70.6 Å². The zero-order valence-corrected chi connectivity index (χ0v) is 15.4. The van der Waals surface area contributed by atoms with E-state index < -0.39 is 0 Å². The van der Waals surface area contributed by atoms with Crippen LogP contribution in [0.5, 0.6) is 0 Å². The molecule has 0 bridgehead atoms. The lowest BCUT2D eigenvalue weighted by atomic mass is 10.2. The highest BCUT2D eigenvalue weighted by atomic mass is 16.5. The van der Waals surface area contributed by atoms with E-state index in [0.29, 0.717) is 31.3 Å². The number of para-hydroxylation sites is 1. The highest BCUT2D eigenvalue weighted by Crippen LogP contribution is 2.17. The third kappa shape index (κ3) is 4.36. The van der Waals surface area contributed by atoms with E-state index in [-0.39, 0.29) is 12.0 Å². The molecule has 2 aliphatic rings. The number of hydrogen-bond acceptors (Lipinski definition) is 6. The van der Waals surface area contributed by atoms with Crippen LogP contribution in [0.15, 0.2) is 42.6 Å². The number of amides is 1. The maximum Gasteiger partial charge on any atom is 0.272 e. The van der Waals surface area contributed by atoms with Gasteiger partial charge in [0.2, 0.25) is 5.95 Å². The molecule has 1 aromatic carbocycles. The highest BCUT2D eigenvalue weighted by molar-refractivity contribution is 5.92. The number of nitrogens with one attached hydrogen (secondary N) is 1. The van der Waals surface area contributed by atoms with Gasteiger partial charge in [0.05, 0.1) is 6.10 Å². The van der Waals surface area contributed by atoms with Crippen molar-refractivity contribution in [1.82, 2.24) is 14.9 Å². The van der Waals surface area contributed by atoms with E-state index in [2.05, 4.69) is 32.3 Å². The first-order valence-electron chi connectivity index (χ1n) is 9.57. The lowest BCUT2D eigenvalue weighted by molar-refractivity contribution is 0.0741. The number of ether oxygens (including phenoxy) is 1. The van der Waals surface area contributed by atoms with Gasteiger partial charge >= 0.3 is 0 Å². The van der Waals surface area contributed by atoms with E-state index in [0.717, 1.165) is 32.5 Å². The second-order valence-electron chi connectivity index (χ2n) is 6.90. The van der Waals surface area contributed by atoms with Gasteiger partial charge in [-0.1, -0.05) is 18.2 Å². The van der Waals surface area contributed by atoms with Gasteiger partial charge in [0, 0.05) is 51.2 Å². The summed E-state index contributed by atoms with van der Waals surface area (Å²) in [7, 11) is 0. The fourth-order valence-corrected chi connectivity index (χ4v) is 3.54. The van der Waals surface area contributed by atoms with Gasteiger partial charge in [-0.25, -0.2) is 9.97 Å². The van der Waals surface area contributed by atoms with Gasteiger partial charge in [-0.15, -0.1) is 0 Å². The second kappa shape index (κ2) is 8.35. The van der Waals surface area contributed by atoms with Crippen LogP contribution in [-0.2, 0) is 4.74 Å². The Morgan fingerprint density at radius 2 is 1.96 bits per heavy atom. The molecule has 1 amide bonds. The molecule has 1 atom stereocenters. The van der Waals surface area contributed by atoms with Crippen LogP contribution in [0.2, 0.25) is 0 Å². The molecule has 2 fully saturated rings. The van der Waals surface area contributed by atoms with Crippen molar-refractivity contribution in [2.24, 2.45) is 0 Å². The summed E-state index contributed by atoms with van der Waals surface area (Å²) in [5, 5.41) is 3.19. The predicted molar refractivity (Wildman–Crippen MR) is 104 cm³/mol. The minimum Gasteiger partial charge on any atom is -0.376 e. The fourth-order valence-electron chi connectivity index (χ4n) is 3.54. The van der Waals surface area contributed by atoms with Crippen LogP contribution in [-0.4, -0.2) is 66.2 Å². The lowest BCUT2D eigenvalue weighted by Crippen LogP contribution is -2.49. The van der Waals surface area contributed by atoms with Gasteiger partial charge < -0.3 is 19.9 Å². The molecule has 0 spiro atoms. The molecule has 2 aliphatic heterocycles. The van der Waals surface area contributed by atoms with E-state index in [9.17, 15) is 4.79 Å². The normalized spacial score (nSPS) is 19.9. The van der Waals surface area contributed by atoms with Crippen LogP contribution in [0.1, 0.15) is 23.3 Å². The largest absolute Gasteiger partial charge is 0.376 e. The molecule has 7 nitrogen and oxygen atoms in total. The Morgan fingerprint density at radius 3 is 2.70 bits per heavy atom. The Bertz CT molecular complexity index is 756. The van der Waals surface area contributed by atoms with E-state index in [1.54, 1.807) is 12.3 Å². The molecule has 7 heteroatoms. The Labute approximate surface area is 159 Å². The maximum atomic E-state index is 12.8. The summed E-state index contributed by atoms with van der Waals surface area (Å²) in [5.41, 5.74) is 1.64. The zero-order chi connectivity index (χ0) is 18.5. The van der Waals surface area contributed by atoms with Crippen LogP contribution in [0.25, 0.3) is 0 Å². The Morgan fingerprint density at radius 1 is 1.15 bits per heavy atom. The van der Waals surface area contributed by atoms with Crippen molar-refractivity contribution in [3.63, 3.8) is 0 Å². The summed E-state index contributed by atoms with van der Waals surface area (Å²) in [6.45, 7) is 4.52. The number of rotatable bonds is 5. The lowest BCUT2D eigenvalue weighted by Gasteiger charge is -2.36. The fraction of sp³-hybridized carbons (Fsp3) is 0.450. The van der Waals surface area contributed by atoms with Crippen molar-refractivity contribution in [2.45, 2.75) is 18.9 Å². The van der Waals surface area contributed by atoms with Gasteiger partial charge in [0.1, 0.15) is 5.69 Å². The Hall–Kier alpha value is -2.67. The van der Waals surface area contributed by atoms with Gasteiger partial charge in [0.15, 0.2) is 0 Å². The molecule has 142 valence electrons. The van der Waals surface area contributed by atoms with Crippen molar-refractivity contribution >= 4 is 17.5 Å². The van der Waals surface area contributed by atoms with Crippen molar-refractivity contribution in [3.05, 3.63) is 48.3 Å². The molecule has 4 rings (SSSR count). The first-order valence-corrected chi connectivity index (χ1v) is 9.57. The van der Waals surface area contributed by atoms with Gasteiger partial charge in [-0.3, -0.25) is 4.79 Å². The summed E-state index contributed by atoms with van der Waals surface area (Å²) < 4.78 is 5.60.